The van der Waals surface area contributed by atoms with Crippen LogP contribution in [0.1, 0.15) is 0 Å². The summed E-state index contributed by atoms with van der Waals surface area (Å²) in [6.45, 7) is 0.242. The van der Waals surface area contributed by atoms with Crippen LogP contribution in [0.2, 0.25) is 0 Å². The molecule has 0 amide bonds. The first-order valence-corrected chi connectivity index (χ1v) is 5.27. The summed E-state index contributed by atoms with van der Waals surface area (Å²) in [7, 11) is -3.54. The molecule has 7 heteroatoms. The van der Waals surface area contributed by atoms with Gasteiger partial charge in [-0.1, -0.05) is 0 Å². The molecule has 74 valence electrons. The lowest BCUT2D eigenvalue weighted by Gasteiger charge is -2.14. The molecule has 1 aromatic heterocycles. The largest absolute Gasteiger partial charge is 0.384 e. The van der Waals surface area contributed by atoms with E-state index in [-0.39, 0.29) is 12.4 Å². The molecule has 2 N–H and O–H groups in total. The maximum Gasteiger partial charge on any atom is 0.344 e. The summed E-state index contributed by atoms with van der Waals surface area (Å²) in [5.41, 5.74) is 5.92. The monoisotopic (exact) mass is 212 g/mol. The van der Waals surface area contributed by atoms with E-state index in [1.54, 1.807) is 6.07 Å². The summed E-state index contributed by atoms with van der Waals surface area (Å²) >= 11 is 0. The van der Waals surface area contributed by atoms with Gasteiger partial charge in [-0.3, -0.25) is 0 Å². The first-order valence-electron chi connectivity index (χ1n) is 3.87. The molecule has 0 spiro atoms. The van der Waals surface area contributed by atoms with Gasteiger partial charge in [-0.25, -0.2) is 9.29 Å². The highest BCUT2D eigenvalue weighted by molar-refractivity contribution is 7.92. The Morgan fingerprint density at radius 1 is 1.50 bits per heavy atom. The van der Waals surface area contributed by atoms with Gasteiger partial charge in [-0.05, 0) is 6.07 Å². The molecule has 0 fully saturated rings. The van der Waals surface area contributed by atoms with Gasteiger partial charge in [0.25, 0.3) is 0 Å². The van der Waals surface area contributed by atoms with Crippen molar-refractivity contribution in [3.63, 3.8) is 0 Å². The van der Waals surface area contributed by atoms with E-state index < -0.39 is 10.2 Å². The van der Waals surface area contributed by atoms with Crippen LogP contribution in [0.15, 0.2) is 22.7 Å². The van der Waals surface area contributed by atoms with Crippen LogP contribution in [0, 0.1) is 0 Å². The van der Waals surface area contributed by atoms with Crippen molar-refractivity contribution in [2.24, 2.45) is 4.40 Å². The number of nitrogen functional groups attached to an aromatic ring is 1. The predicted octanol–water partition coefficient (Wildman–Crippen LogP) is -0.201. The molecule has 14 heavy (non-hydrogen) atoms. The van der Waals surface area contributed by atoms with Crippen LogP contribution in [0.4, 0.5) is 11.5 Å². The van der Waals surface area contributed by atoms with Crippen molar-refractivity contribution in [2.45, 2.75) is 0 Å². The minimum atomic E-state index is -3.54. The van der Waals surface area contributed by atoms with Crippen LogP contribution in [-0.4, -0.2) is 26.2 Å². The van der Waals surface area contributed by atoms with E-state index in [4.69, 9.17) is 5.73 Å². The minimum Gasteiger partial charge on any atom is -0.384 e. The predicted molar refractivity (Wildman–Crippen MR) is 53.4 cm³/mol. The van der Waals surface area contributed by atoms with E-state index in [9.17, 15) is 8.42 Å². The van der Waals surface area contributed by atoms with Gasteiger partial charge < -0.3 is 5.73 Å². The van der Waals surface area contributed by atoms with Crippen LogP contribution in [0.5, 0.6) is 0 Å². The van der Waals surface area contributed by atoms with Gasteiger partial charge in [0.2, 0.25) is 0 Å². The second-order valence-corrected chi connectivity index (χ2v) is 4.28. The van der Waals surface area contributed by atoms with E-state index in [1.807, 2.05) is 0 Å². The Labute approximate surface area is 81.3 Å². The smallest absolute Gasteiger partial charge is 0.344 e. The van der Waals surface area contributed by atoms with Gasteiger partial charge >= 0.3 is 10.2 Å². The van der Waals surface area contributed by atoms with Crippen LogP contribution in [0.3, 0.4) is 0 Å². The van der Waals surface area contributed by atoms with Crippen LogP contribution < -0.4 is 10.0 Å². The third kappa shape index (κ3) is 1.41. The Kier molecular flexibility index (Phi) is 1.88. The van der Waals surface area contributed by atoms with Gasteiger partial charge in [0.05, 0.1) is 12.2 Å². The zero-order valence-electron chi connectivity index (χ0n) is 7.16. The Bertz CT molecular complexity index is 482. The lowest BCUT2D eigenvalue weighted by Crippen LogP contribution is -2.25. The molecule has 2 rings (SSSR count). The number of anilines is 2. The van der Waals surface area contributed by atoms with Crippen molar-refractivity contribution in [1.82, 2.24) is 4.98 Å². The Balaban J connectivity index is 2.43. The van der Waals surface area contributed by atoms with Gasteiger partial charge in [0.15, 0.2) is 0 Å². The molecule has 1 aliphatic rings. The summed E-state index contributed by atoms with van der Waals surface area (Å²) in [6, 6.07) is 3.06. The molecule has 0 radical (unpaired) electrons. The second-order valence-electron chi connectivity index (χ2n) is 2.74. The highest BCUT2D eigenvalue weighted by Crippen LogP contribution is 2.21. The average molecular weight is 212 g/mol. The first kappa shape index (κ1) is 8.95. The molecule has 0 aliphatic carbocycles. The molecular formula is C7H8N4O2S. The fourth-order valence-corrected chi connectivity index (χ4v) is 2.19. The summed E-state index contributed by atoms with van der Waals surface area (Å²) in [5, 5.41) is 0. The standard InChI is InChI=1S/C7H8N4O2S/c8-7-5-6(1-2-9-7)11-4-3-10-14(11,12)13/h1-3,5H,4H2,(H2,8,9). The summed E-state index contributed by atoms with van der Waals surface area (Å²) < 4.78 is 27.2. The molecule has 1 aliphatic heterocycles. The fourth-order valence-electron chi connectivity index (χ4n) is 1.18. The zero-order valence-corrected chi connectivity index (χ0v) is 7.98. The maximum atomic E-state index is 11.3. The number of pyridine rings is 1. The van der Waals surface area contributed by atoms with E-state index >= 15 is 0 Å². The minimum absolute atomic E-state index is 0.242. The molecule has 6 nitrogen and oxygen atoms in total. The van der Waals surface area contributed by atoms with Crippen LogP contribution in [0.25, 0.3) is 0 Å². The van der Waals surface area contributed by atoms with Crippen molar-refractivity contribution in [3.05, 3.63) is 18.3 Å². The maximum absolute atomic E-state index is 11.3. The van der Waals surface area contributed by atoms with Crippen LogP contribution >= 0.6 is 0 Å². The Hall–Kier alpha value is -1.63. The van der Waals surface area contributed by atoms with Crippen molar-refractivity contribution in [1.29, 1.82) is 0 Å². The Morgan fingerprint density at radius 3 is 2.86 bits per heavy atom. The van der Waals surface area contributed by atoms with E-state index in [2.05, 4.69) is 9.38 Å². The van der Waals surface area contributed by atoms with E-state index in [1.165, 1.54) is 18.5 Å². The molecular weight excluding hydrogens is 204 g/mol. The van der Waals surface area contributed by atoms with Gasteiger partial charge in [-0.15, -0.1) is 0 Å². The van der Waals surface area contributed by atoms with E-state index in [0.29, 0.717) is 5.69 Å². The molecule has 0 aromatic carbocycles. The molecule has 0 saturated carbocycles. The topological polar surface area (TPSA) is 88.6 Å². The number of nitrogens with two attached hydrogens (primary N) is 1. The van der Waals surface area contributed by atoms with E-state index in [0.717, 1.165) is 4.31 Å². The lowest BCUT2D eigenvalue weighted by atomic mass is 10.4. The summed E-state index contributed by atoms with van der Waals surface area (Å²) in [5.74, 6) is 0.282. The zero-order chi connectivity index (χ0) is 10.2. The first-order chi connectivity index (χ1) is 6.59. The van der Waals surface area contributed by atoms with Gasteiger partial charge in [-0.2, -0.15) is 12.8 Å². The lowest BCUT2D eigenvalue weighted by molar-refractivity contribution is 0.597. The molecule has 0 bridgehead atoms. The SMILES string of the molecule is Nc1cc(N2CC=NS2(=O)=O)ccn1. The molecule has 0 atom stereocenters. The highest BCUT2D eigenvalue weighted by atomic mass is 32.2. The molecule has 0 saturated heterocycles. The summed E-state index contributed by atoms with van der Waals surface area (Å²) in [4.78, 5) is 3.77. The second kappa shape index (κ2) is 2.95. The van der Waals surface area contributed by atoms with Crippen molar-refractivity contribution >= 4 is 27.9 Å². The third-order valence-electron chi connectivity index (χ3n) is 1.79. The van der Waals surface area contributed by atoms with Crippen molar-refractivity contribution in [2.75, 3.05) is 16.6 Å². The highest BCUT2D eigenvalue weighted by Gasteiger charge is 2.24. The fraction of sp³-hybridized carbons (Fsp3) is 0.143. The average Bonchev–Trinajstić information content (AvgIpc) is 2.45. The van der Waals surface area contributed by atoms with Crippen LogP contribution in [-0.2, 0) is 10.2 Å². The van der Waals surface area contributed by atoms with Gasteiger partial charge in [0, 0.05) is 18.5 Å². The third-order valence-corrected chi connectivity index (χ3v) is 3.12. The van der Waals surface area contributed by atoms with Crippen molar-refractivity contribution in [3.8, 4) is 0 Å². The molecule has 2 heterocycles. The normalized spacial score (nSPS) is 18.7. The molecule has 0 unspecified atom stereocenters. The number of hydrogen-bond acceptors (Lipinski definition) is 4. The van der Waals surface area contributed by atoms with Crippen molar-refractivity contribution < 1.29 is 8.42 Å². The number of rotatable bonds is 1. The van der Waals surface area contributed by atoms with Gasteiger partial charge in [0.1, 0.15) is 5.82 Å². The number of nitrogens with zero attached hydrogens (tertiary/aromatic N) is 3. The number of hydrogen-bond donors (Lipinski definition) is 1. The number of aromatic nitrogens is 1. The quantitative estimate of drug-likeness (QED) is 0.698. The summed E-state index contributed by atoms with van der Waals surface area (Å²) in [6.07, 6.45) is 2.80. The Morgan fingerprint density at radius 2 is 2.29 bits per heavy atom. The molecule has 1 aromatic rings.